The maximum atomic E-state index is 13.9. The van der Waals surface area contributed by atoms with Gasteiger partial charge in [-0.1, -0.05) is 6.07 Å². The van der Waals surface area contributed by atoms with Gasteiger partial charge in [-0.2, -0.15) is 5.10 Å². The number of nitrogens with zero attached hydrogens (tertiary/aromatic N) is 2. The lowest BCUT2D eigenvalue weighted by atomic mass is 9.87. The molecule has 0 aliphatic carbocycles. The number of nitrogens with one attached hydrogen (secondary N) is 3. The van der Waals surface area contributed by atoms with Crippen molar-refractivity contribution < 1.29 is 22.8 Å². The van der Waals surface area contributed by atoms with Crippen LogP contribution in [0.2, 0.25) is 0 Å². The molecule has 3 heterocycles. The quantitative estimate of drug-likeness (QED) is 0.519. The molecule has 4 rings (SSSR count). The first-order valence-corrected chi connectivity index (χ1v) is 10.3. The summed E-state index contributed by atoms with van der Waals surface area (Å²) in [5.41, 5.74) is -0.369. The molecule has 0 unspecified atom stereocenters. The first-order valence-electron chi connectivity index (χ1n) is 10.3. The Morgan fingerprint density at radius 3 is 2.72 bits per heavy atom. The molecule has 3 aromatic rings. The minimum atomic E-state index is -1.13. The van der Waals surface area contributed by atoms with E-state index in [1.165, 1.54) is 10.7 Å². The second-order valence-corrected chi connectivity index (χ2v) is 7.67. The molecule has 1 saturated heterocycles. The lowest BCUT2D eigenvalue weighted by Gasteiger charge is -2.37. The number of halogens is 2. The average molecular weight is 443 g/mol. The summed E-state index contributed by atoms with van der Waals surface area (Å²) in [6.45, 7) is 0.906. The van der Waals surface area contributed by atoms with Crippen molar-refractivity contribution in [2.75, 3.05) is 13.1 Å². The number of carbonyl (C=O) groups excluding carboxylic acids is 2. The van der Waals surface area contributed by atoms with Crippen LogP contribution in [0.4, 0.5) is 8.78 Å². The summed E-state index contributed by atoms with van der Waals surface area (Å²) in [6.07, 6.45) is 3.96. The zero-order chi connectivity index (χ0) is 22.6. The van der Waals surface area contributed by atoms with E-state index in [0.29, 0.717) is 37.4 Å². The Morgan fingerprint density at radius 1 is 1.19 bits per heavy atom. The molecule has 8 nitrogen and oxygen atoms in total. The summed E-state index contributed by atoms with van der Waals surface area (Å²) in [5.74, 6) is -1.61. The molecule has 1 fully saturated rings. The standard InChI is InChI=1S/C22H23F2N5O3/c23-16-4-3-15(17(24)12-16)13-26-21(31)22(6-8-25-9-7-22)27-20(30)14-29-10-5-18(28-29)19-2-1-11-32-19/h1-5,10-12,25H,6-9,13-14H2,(H,26,31)(H,27,30). The highest BCUT2D eigenvalue weighted by Crippen LogP contribution is 2.20. The van der Waals surface area contributed by atoms with Gasteiger partial charge in [0.15, 0.2) is 5.76 Å². The Balaban J connectivity index is 1.41. The molecule has 0 spiro atoms. The Morgan fingerprint density at radius 2 is 2.00 bits per heavy atom. The van der Waals surface area contributed by atoms with Crippen molar-refractivity contribution in [2.45, 2.75) is 31.5 Å². The summed E-state index contributed by atoms with van der Waals surface area (Å²) in [6, 6.07) is 8.44. The van der Waals surface area contributed by atoms with E-state index >= 15 is 0 Å². The maximum absolute atomic E-state index is 13.9. The molecule has 0 bridgehead atoms. The third-order valence-electron chi connectivity index (χ3n) is 5.44. The Labute approximate surface area is 183 Å². The number of hydrogen-bond acceptors (Lipinski definition) is 5. The van der Waals surface area contributed by atoms with Crippen molar-refractivity contribution in [1.29, 1.82) is 0 Å². The predicted octanol–water partition coefficient (Wildman–Crippen LogP) is 1.98. The van der Waals surface area contributed by atoms with Gasteiger partial charge in [-0.3, -0.25) is 14.3 Å². The zero-order valence-electron chi connectivity index (χ0n) is 17.2. The minimum Gasteiger partial charge on any atom is -0.463 e. The van der Waals surface area contributed by atoms with E-state index in [-0.39, 0.29) is 24.6 Å². The predicted molar refractivity (Wildman–Crippen MR) is 111 cm³/mol. The first kappa shape index (κ1) is 21.7. The van der Waals surface area contributed by atoms with Gasteiger partial charge in [0.2, 0.25) is 11.8 Å². The van der Waals surface area contributed by atoms with Gasteiger partial charge in [0.05, 0.1) is 6.26 Å². The number of furan rings is 1. The van der Waals surface area contributed by atoms with Crippen LogP contribution in [0, 0.1) is 11.6 Å². The van der Waals surface area contributed by atoms with E-state index in [1.54, 1.807) is 30.7 Å². The fourth-order valence-electron chi connectivity index (χ4n) is 3.73. The molecule has 1 aromatic carbocycles. The van der Waals surface area contributed by atoms with Crippen LogP contribution in [-0.4, -0.2) is 40.2 Å². The van der Waals surface area contributed by atoms with Gasteiger partial charge in [-0.15, -0.1) is 0 Å². The monoisotopic (exact) mass is 443 g/mol. The summed E-state index contributed by atoms with van der Waals surface area (Å²) < 4.78 is 33.8. The summed E-state index contributed by atoms with van der Waals surface area (Å²) in [5, 5.41) is 13.0. The van der Waals surface area contributed by atoms with Crippen LogP contribution in [-0.2, 0) is 22.7 Å². The highest BCUT2D eigenvalue weighted by Gasteiger charge is 2.40. The lowest BCUT2D eigenvalue weighted by molar-refractivity contribution is -0.135. The highest BCUT2D eigenvalue weighted by atomic mass is 19.1. The van der Waals surface area contributed by atoms with Crippen LogP contribution < -0.4 is 16.0 Å². The molecule has 168 valence electrons. The van der Waals surface area contributed by atoms with Crippen LogP contribution in [0.1, 0.15) is 18.4 Å². The SMILES string of the molecule is O=C(Cn1ccc(-c2ccco2)n1)NC1(C(=O)NCc2ccc(F)cc2F)CCNCC1. The molecule has 2 aromatic heterocycles. The van der Waals surface area contributed by atoms with Gasteiger partial charge in [0.25, 0.3) is 0 Å². The molecule has 10 heteroatoms. The van der Waals surface area contributed by atoms with Gasteiger partial charge in [-0.25, -0.2) is 8.78 Å². The molecule has 1 aliphatic heterocycles. The van der Waals surface area contributed by atoms with Crippen molar-refractivity contribution in [3.63, 3.8) is 0 Å². The molecule has 0 atom stereocenters. The van der Waals surface area contributed by atoms with Gasteiger partial charge >= 0.3 is 0 Å². The van der Waals surface area contributed by atoms with Crippen LogP contribution in [0.5, 0.6) is 0 Å². The molecular weight excluding hydrogens is 420 g/mol. The van der Waals surface area contributed by atoms with Gasteiger partial charge in [0.1, 0.15) is 29.4 Å². The van der Waals surface area contributed by atoms with E-state index in [4.69, 9.17) is 4.42 Å². The fourth-order valence-corrected chi connectivity index (χ4v) is 3.73. The van der Waals surface area contributed by atoms with Crippen molar-refractivity contribution in [1.82, 2.24) is 25.7 Å². The van der Waals surface area contributed by atoms with Crippen molar-refractivity contribution in [3.05, 3.63) is 66.1 Å². The van der Waals surface area contributed by atoms with Crippen molar-refractivity contribution in [3.8, 4) is 11.5 Å². The third kappa shape index (κ3) is 4.86. The Bertz CT molecular complexity index is 1090. The number of piperidine rings is 1. The van der Waals surface area contributed by atoms with Gasteiger partial charge in [-0.05, 0) is 50.2 Å². The highest BCUT2D eigenvalue weighted by molar-refractivity contribution is 5.91. The fraction of sp³-hybridized carbons (Fsp3) is 0.318. The third-order valence-corrected chi connectivity index (χ3v) is 5.44. The number of amides is 2. The summed E-state index contributed by atoms with van der Waals surface area (Å²) >= 11 is 0. The van der Waals surface area contributed by atoms with E-state index in [9.17, 15) is 18.4 Å². The largest absolute Gasteiger partial charge is 0.463 e. The number of rotatable bonds is 7. The summed E-state index contributed by atoms with van der Waals surface area (Å²) in [4.78, 5) is 25.8. The average Bonchev–Trinajstić information content (AvgIpc) is 3.45. The maximum Gasteiger partial charge on any atom is 0.246 e. The van der Waals surface area contributed by atoms with Crippen LogP contribution in [0.25, 0.3) is 11.5 Å². The van der Waals surface area contributed by atoms with Gasteiger partial charge < -0.3 is 20.4 Å². The second-order valence-electron chi connectivity index (χ2n) is 7.67. The normalized spacial score (nSPS) is 15.3. The van der Waals surface area contributed by atoms with E-state index in [1.807, 2.05) is 0 Å². The van der Waals surface area contributed by atoms with Crippen LogP contribution >= 0.6 is 0 Å². The number of carbonyl (C=O) groups is 2. The number of benzene rings is 1. The first-order chi connectivity index (χ1) is 15.4. The Kier molecular flexibility index (Phi) is 6.31. The number of hydrogen-bond donors (Lipinski definition) is 3. The molecule has 0 radical (unpaired) electrons. The van der Waals surface area contributed by atoms with E-state index in [0.717, 1.165) is 12.1 Å². The van der Waals surface area contributed by atoms with E-state index < -0.39 is 23.1 Å². The molecule has 32 heavy (non-hydrogen) atoms. The molecule has 1 aliphatic rings. The molecular formula is C22H23F2N5O3. The van der Waals surface area contributed by atoms with Gasteiger partial charge in [0, 0.05) is 24.4 Å². The van der Waals surface area contributed by atoms with Crippen molar-refractivity contribution in [2.24, 2.45) is 0 Å². The zero-order valence-corrected chi connectivity index (χ0v) is 17.2. The van der Waals surface area contributed by atoms with Crippen LogP contribution in [0.15, 0.2) is 53.3 Å². The van der Waals surface area contributed by atoms with Crippen LogP contribution in [0.3, 0.4) is 0 Å². The minimum absolute atomic E-state index is 0.0737. The Hall–Kier alpha value is -3.53. The smallest absolute Gasteiger partial charge is 0.246 e. The molecule has 0 saturated carbocycles. The topological polar surface area (TPSA) is 101 Å². The number of aromatic nitrogens is 2. The second kappa shape index (κ2) is 9.31. The summed E-state index contributed by atoms with van der Waals surface area (Å²) in [7, 11) is 0. The molecule has 2 amide bonds. The molecule has 3 N–H and O–H groups in total. The van der Waals surface area contributed by atoms with Crippen molar-refractivity contribution >= 4 is 11.8 Å². The van der Waals surface area contributed by atoms with E-state index in [2.05, 4.69) is 21.0 Å². The lowest BCUT2D eigenvalue weighted by Crippen LogP contribution is -2.63.